The largest absolute Gasteiger partial charge is 0.482 e. The molecule has 0 amide bonds. The molecule has 4 rings (SSSR count). The van der Waals surface area contributed by atoms with Crippen molar-refractivity contribution in [3.05, 3.63) is 66.0 Å². The molecule has 1 aliphatic heterocycles. The monoisotopic (exact) mass is 411 g/mol. The summed E-state index contributed by atoms with van der Waals surface area (Å²) in [7, 11) is 0. The summed E-state index contributed by atoms with van der Waals surface area (Å²) in [4.78, 5) is 11.0. The first-order chi connectivity index (χ1) is 14.5. The highest BCUT2D eigenvalue weighted by atomic mass is 19.1. The van der Waals surface area contributed by atoms with E-state index in [1.54, 1.807) is 25.4 Å². The molecule has 2 aromatic heterocycles. The van der Waals surface area contributed by atoms with Gasteiger partial charge in [0.05, 0.1) is 0 Å². The maximum atomic E-state index is 14.0. The minimum atomic E-state index is -0.742. The van der Waals surface area contributed by atoms with Crippen molar-refractivity contribution in [1.82, 2.24) is 15.3 Å². The number of ether oxygens (including phenoxy) is 1. The van der Waals surface area contributed by atoms with Crippen molar-refractivity contribution in [2.45, 2.75) is 13.0 Å². The second kappa shape index (κ2) is 8.62. The van der Waals surface area contributed by atoms with E-state index >= 15 is 0 Å². The smallest absolute Gasteiger partial charge is 0.166 e. The van der Waals surface area contributed by atoms with Gasteiger partial charge in [-0.15, -0.1) is 0 Å². The highest BCUT2D eigenvalue weighted by Crippen LogP contribution is 2.31. The molecule has 1 aliphatic rings. The minimum absolute atomic E-state index is 0.113. The molecule has 1 aromatic carbocycles. The Morgan fingerprint density at radius 2 is 1.80 bits per heavy atom. The van der Waals surface area contributed by atoms with E-state index in [4.69, 9.17) is 10.5 Å². The van der Waals surface area contributed by atoms with Crippen molar-refractivity contribution >= 4 is 11.6 Å². The summed E-state index contributed by atoms with van der Waals surface area (Å²) in [5.41, 5.74) is 7.69. The van der Waals surface area contributed by atoms with E-state index in [-0.39, 0.29) is 11.4 Å². The van der Waals surface area contributed by atoms with Crippen molar-refractivity contribution < 1.29 is 13.5 Å². The van der Waals surface area contributed by atoms with Gasteiger partial charge in [-0.3, -0.25) is 0 Å². The van der Waals surface area contributed by atoms with Gasteiger partial charge in [-0.1, -0.05) is 0 Å². The molecule has 8 heteroatoms. The van der Waals surface area contributed by atoms with Crippen molar-refractivity contribution in [2.75, 3.05) is 36.8 Å². The summed E-state index contributed by atoms with van der Waals surface area (Å²) in [6, 6.07) is 8.94. The van der Waals surface area contributed by atoms with Gasteiger partial charge in [0.1, 0.15) is 23.6 Å². The molecule has 1 atom stereocenters. The number of aromatic nitrogens is 2. The van der Waals surface area contributed by atoms with E-state index in [1.807, 2.05) is 12.1 Å². The van der Waals surface area contributed by atoms with Crippen molar-refractivity contribution in [2.24, 2.45) is 0 Å². The van der Waals surface area contributed by atoms with Gasteiger partial charge < -0.3 is 20.7 Å². The molecule has 0 aliphatic carbocycles. The first-order valence-corrected chi connectivity index (χ1v) is 9.80. The fourth-order valence-electron chi connectivity index (χ4n) is 3.43. The third-order valence-electron chi connectivity index (χ3n) is 5.10. The number of anilines is 2. The molecule has 6 nitrogen and oxygen atoms in total. The third kappa shape index (κ3) is 4.33. The van der Waals surface area contributed by atoms with E-state index < -0.39 is 17.7 Å². The van der Waals surface area contributed by atoms with Gasteiger partial charge in [-0.05, 0) is 43.3 Å². The fourth-order valence-corrected chi connectivity index (χ4v) is 3.43. The molecule has 0 radical (unpaired) electrons. The third-order valence-corrected chi connectivity index (χ3v) is 5.10. The van der Waals surface area contributed by atoms with Gasteiger partial charge in [0, 0.05) is 55.3 Å². The molecule has 0 saturated carbocycles. The topological polar surface area (TPSA) is 76.3 Å². The Labute approximate surface area is 173 Å². The zero-order valence-corrected chi connectivity index (χ0v) is 16.6. The van der Waals surface area contributed by atoms with Crippen LogP contribution in [0.2, 0.25) is 0 Å². The molecule has 1 unspecified atom stereocenters. The molecular weight excluding hydrogens is 388 g/mol. The van der Waals surface area contributed by atoms with Gasteiger partial charge in [0.2, 0.25) is 0 Å². The van der Waals surface area contributed by atoms with Crippen LogP contribution in [-0.4, -0.2) is 36.1 Å². The summed E-state index contributed by atoms with van der Waals surface area (Å²) in [6.07, 6.45) is 2.68. The number of hydrogen-bond donors (Lipinski definition) is 2. The Morgan fingerprint density at radius 3 is 2.53 bits per heavy atom. The number of nitrogens with two attached hydrogens (primary N) is 1. The highest BCUT2D eigenvalue weighted by Gasteiger charge is 2.17. The van der Waals surface area contributed by atoms with E-state index in [1.165, 1.54) is 0 Å². The summed E-state index contributed by atoms with van der Waals surface area (Å²) in [5, 5.41) is 3.32. The first-order valence-electron chi connectivity index (χ1n) is 9.80. The highest BCUT2D eigenvalue weighted by molar-refractivity contribution is 5.67. The number of benzene rings is 1. The van der Waals surface area contributed by atoms with Crippen LogP contribution in [0.1, 0.15) is 18.6 Å². The summed E-state index contributed by atoms with van der Waals surface area (Å²) >= 11 is 0. The number of nitrogens with one attached hydrogen (secondary N) is 1. The molecular formula is C22H23F2N5O. The number of halogens is 2. The molecule has 156 valence electrons. The lowest BCUT2D eigenvalue weighted by molar-refractivity contribution is 0.221. The lowest BCUT2D eigenvalue weighted by Crippen LogP contribution is -2.43. The second-order valence-corrected chi connectivity index (χ2v) is 7.18. The van der Waals surface area contributed by atoms with Crippen molar-refractivity contribution in [3.8, 4) is 16.9 Å². The summed E-state index contributed by atoms with van der Waals surface area (Å²) < 4.78 is 33.4. The Balaban J connectivity index is 1.55. The lowest BCUT2D eigenvalue weighted by Gasteiger charge is -2.28. The van der Waals surface area contributed by atoms with Crippen LogP contribution in [0.3, 0.4) is 0 Å². The molecule has 3 aromatic rings. The van der Waals surface area contributed by atoms with Crippen LogP contribution in [0.4, 0.5) is 20.4 Å². The van der Waals surface area contributed by atoms with Gasteiger partial charge in [-0.2, -0.15) is 0 Å². The number of nitrogens with zero attached hydrogens (tertiary/aromatic N) is 3. The van der Waals surface area contributed by atoms with Crippen LogP contribution < -0.4 is 20.7 Å². The van der Waals surface area contributed by atoms with Gasteiger partial charge in [-0.25, -0.2) is 18.7 Å². The zero-order chi connectivity index (χ0) is 21.1. The molecule has 3 N–H and O–H groups in total. The Bertz CT molecular complexity index is 1020. The normalized spacial score (nSPS) is 15.1. The number of rotatable bonds is 5. The van der Waals surface area contributed by atoms with Crippen molar-refractivity contribution in [3.63, 3.8) is 0 Å². The molecule has 1 fully saturated rings. The maximum Gasteiger partial charge on any atom is 0.166 e. The minimum Gasteiger partial charge on any atom is -0.482 e. The maximum absolute atomic E-state index is 14.0. The SMILES string of the molecule is CC(Oc1cc(-c2ccc(N3CCNCC3)nc2)cnc1N)c1cc(F)ccc1F. The number of nitrogen functional groups attached to an aromatic ring is 1. The molecule has 1 saturated heterocycles. The number of piperazine rings is 1. The van der Waals surface area contributed by atoms with E-state index in [2.05, 4.69) is 20.2 Å². The van der Waals surface area contributed by atoms with Crippen LogP contribution in [-0.2, 0) is 0 Å². The fraction of sp³-hybridized carbons (Fsp3) is 0.273. The molecule has 3 heterocycles. The standard InChI is InChI=1S/C22H23F2N5O/c1-14(18-11-17(23)3-4-19(18)24)30-20-10-16(13-28-22(20)25)15-2-5-21(27-12-15)29-8-6-26-7-9-29/h2-5,10-14,26H,6-9H2,1H3,(H2,25,28). The van der Waals surface area contributed by atoms with E-state index in [0.717, 1.165) is 61.3 Å². The Hall–Kier alpha value is -3.26. The molecule has 0 spiro atoms. The van der Waals surface area contributed by atoms with E-state index in [9.17, 15) is 8.78 Å². The average Bonchev–Trinajstić information content (AvgIpc) is 2.77. The second-order valence-electron chi connectivity index (χ2n) is 7.18. The Morgan fingerprint density at radius 1 is 1.03 bits per heavy atom. The lowest BCUT2D eigenvalue weighted by atomic mass is 10.1. The first kappa shape index (κ1) is 20.0. The van der Waals surface area contributed by atoms with Crippen LogP contribution in [0, 0.1) is 11.6 Å². The summed E-state index contributed by atoms with van der Waals surface area (Å²) in [5.74, 6) is 0.328. The van der Waals surface area contributed by atoms with Crippen LogP contribution in [0.25, 0.3) is 11.1 Å². The molecule has 0 bridgehead atoms. The van der Waals surface area contributed by atoms with Crippen molar-refractivity contribution in [1.29, 1.82) is 0 Å². The number of pyridine rings is 2. The van der Waals surface area contributed by atoms with Crippen LogP contribution >= 0.6 is 0 Å². The van der Waals surface area contributed by atoms with Gasteiger partial charge >= 0.3 is 0 Å². The predicted octanol–water partition coefficient (Wildman–Crippen LogP) is 3.55. The quantitative estimate of drug-likeness (QED) is 0.669. The number of hydrogen-bond acceptors (Lipinski definition) is 6. The van der Waals surface area contributed by atoms with Crippen LogP contribution in [0.15, 0.2) is 48.8 Å². The molecule has 30 heavy (non-hydrogen) atoms. The van der Waals surface area contributed by atoms with Gasteiger partial charge in [0.25, 0.3) is 0 Å². The summed E-state index contributed by atoms with van der Waals surface area (Å²) in [6.45, 7) is 5.35. The van der Waals surface area contributed by atoms with Crippen LogP contribution in [0.5, 0.6) is 5.75 Å². The zero-order valence-electron chi connectivity index (χ0n) is 16.6. The Kier molecular flexibility index (Phi) is 5.76. The van der Waals surface area contributed by atoms with E-state index in [0.29, 0.717) is 5.75 Å². The average molecular weight is 411 g/mol. The van der Waals surface area contributed by atoms with Gasteiger partial charge in [0.15, 0.2) is 11.6 Å². The predicted molar refractivity (Wildman–Crippen MR) is 112 cm³/mol.